The molecule has 0 amide bonds. The number of rotatable bonds is 6. The molecule has 0 aromatic carbocycles. The first kappa shape index (κ1) is 19.6. The molecule has 4 nitrogen and oxygen atoms in total. The number of hydrogen-bond donors (Lipinski definition) is 1. The Morgan fingerprint density at radius 2 is 1.95 bits per heavy atom. The first-order chi connectivity index (χ1) is 9.95. The van der Waals surface area contributed by atoms with Gasteiger partial charge < -0.3 is 19.0 Å². The summed E-state index contributed by atoms with van der Waals surface area (Å²) >= 11 is 0. The predicted molar refractivity (Wildman–Crippen MR) is 92.3 cm³/mol. The number of hydrogen-bond acceptors (Lipinski definition) is 4. The highest BCUT2D eigenvalue weighted by atomic mass is 28.4. The number of allylic oxidation sites excluding steroid dienone is 2. The van der Waals surface area contributed by atoms with Crippen LogP contribution in [0.1, 0.15) is 34.6 Å². The maximum atomic E-state index is 10.0. The molecule has 22 heavy (non-hydrogen) atoms. The Kier molecular flexibility index (Phi) is 6.59. The second kappa shape index (κ2) is 7.40. The normalized spacial score (nSPS) is 24.5. The smallest absolute Gasteiger partial charge is 0.192 e. The van der Waals surface area contributed by atoms with Gasteiger partial charge in [-0.15, -0.1) is 0 Å². The van der Waals surface area contributed by atoms with Crippen molar-refractivity contribution in [1.29, 1.82) is 0 Å². The maximum absolute atomic E-state index is 10.0. The molecule has 128 valence electrons. The second-order valence-corrected chi connectivity index (χ2v) is 12.6. The van der Waals surface area contributed by atoms with E-state index in [4.69, 9.17) is 13.9 Å². The third kappa shape index (κ3) is 5.97. The summed E-state index contributed by atoms with van der Waals surface area (Å²) in [6.45, 7) is 15.9. The zero-order valence-corrected chi connectivity index (χ0v) is 16.1. The van der Waals surface area contributed by atoms with Gasteiger partial charge in [0.25, 0.3) is 0 Å². The molecule has 0 unspecified atom stereocenters. The Morgan fingerprint density at radius 1 is 1.32 bits per heavy atom. The van der Waals surface area contributed by atoms with Gasteiger partial charge in [-0.2, -0.15) is 0 Å². The molecule has 1 fully saturated rings. The summed E-state index contributed by atoms with van der Waals surface area (Å²) in [5, 5.41) is 10.2. The van der Waals surface area contributed by atoms with E-state index in [9.17, 15) is 5.11 Å². The molecule has 0 bridgehead atoms. The van der Waals surface area contributed by atoms with Crippen LogP contribution >= 0.6 is 0 Å². The Balaban J connectivity index is 2.34. The van der Waals surface area contributed by atoms with Crippen LogP contribution < -0.4 is 0 Å². The fourth-order valence-corrected chi connectivity index (χ4v) is 2.74. The Morgan fingerprint density at radius 3 is 2.45 bits per heavy atom. The van der Waals surface area contributed by atoms with Crippen molar-refractivity contribution in [3.63, 3.8) is 0 Å². The maximum Gasteiger partial charge on any atom is 0.192 e. The van der Waals surface area contributed by atoms with Crippen molar-refractivity contribution in [2.24, 2.45) is 0 Å². The molecule has 0 radical (unpaired) electrons. The van der Waals surface area contributed by atoms with Gasteiger partial charge in [-0.3, -0.25) is 0 Å². The van der Waals surface area contributed by atoms with Crippen LogP contribution in [0.15, 0.2) is 24.3 Å². The second-order valence-electron chi connectivity index (χ2n) is 7.74. The van der Waals surface area contributed by atoms with E-state index in [1.807, 2.05) is 32.1 Å². The zero-order valence-electron chi connectivity index (χ0n) is 15.1. The standard InChI is InChI=1S/C17H32O4Si/c1-16(2,3)22(6,7)20-12-10-8-9-11-14(18)15-13-19-17(4,5)21-15/h8-11,14-15,18H,12-13H2,1-7H3/b10-8+,11-9+/t14-,15+/m0/s1. The molecule has 2 atom stereocenters. The van der Waals surface area contributed by atoms with Gasteiger partial charge >= 0.3 is 0 Å². The first-order valence-corrected chi connectivity index (χ1v) is 10.8. The van der Waals surface area contributed by atoms with Gasteiger partial charge in [0.05, 0.1) is 13.2 Å². The molecule has 1 heterocycles. The van der Waals surface area contributed by atoms with Gasteiger partial charge in [0.2, 0.25) is 0 Å². The summed E-state index contributed by atoms with van der Waals surface area (Å²) in [6, 6.07) is 0. The highest BCUT2D eigenvalue weighted by Gasteiger charge is 2.37. The van der Waals surface area contributed by atoms with E-state index in [0.29, 0.717) is 13.2 Å². The fraction of sp³-hybridized carbons (Fsp3) is 0.765. The minimum atomic E-state index is -1.69. The number of ether oxygens (including phenoxy) is 2. The van der Waals surface area contributed by atoms with Gasteiger partial charge in [-0.1, -0.05) is 45.1 Å². The quantitative estimate of drug-likeness (QED) is 0.597. The Hall–Kier alpha value is -0.463. The van der Waals surface area contributed by atoms with Crippen molar-refractivity contribution >= 4 is 8.32 Å². The lowest BCUT2D eigenvalue weighted by molar-refractivity contribution is -0.147. The van der Waals surface area contributed by atoms with E-state index in [1.165, 1.54) is 0 Å². The molecule has 5 heteroatoms. The van der Waals surface area contributed by atoms with Gasteiger partial charge in [-0.25, -0.2) is 0 Å². The molecule has 0 spiro atoms. The van der Waals surface area contributed by atoms with Gasteiger partial charge in [0.1, 0.15) is 12.2 Å². The van der Waals surface area contributed by atoms with E-state index < -0.39 is 20.2 Å². The van der Waals surface area contributed by atoms with Crippen LogP contribution in [0, 0.1) is 0 Å². The van der Waals surface area contributed by atoms with E-state index >= 15 is 0 Å². The molecular formula is C17H32O4Si. The fourth-order valence-electron chi connectivity index (χ4n) is 1.79. The average Bonchev–Trinajstić information content (AvgIpc) is 2.72. The van der Waals surface area contributed by atoms with Crippen molar-refractivity contribution < 1.29 is 19.0 Å². The molecule has 0 aromatic heterocycles. The lowest BCUT2D eigenvalue weighted by Crippen LogP contribution is -2.40. The highest BCUT2D eigenvalue weighted by Crippen LogP contribution is 2.36. The van der Waals surface area contributed by atoms with Gasteiger partial charge in [0, 0.05) is 0 Å². The van der Waals surface area contributed by atoms with Crippen LogP contribution in [0.3, 0.4) is 0 Å². The number of aliphatic hydroxyl groups excluding tert-OH is 1. The summed E-state index contributed by atoms with van der Waals surface area (Å²) in [5.41, 5.74) is 0. The van der Waals surface area contributed by atoms with Crippen molar-refractivity contribution in [1.82, 2.24) is 0 Å². The third-order valence-corrected chi connectivity index (χ3v) is 8.81. The van der Waals surface area contributed by atoms with Crippen LogP contribution in [-0.4, -0.2) is 44.6 Å². The number of aliphatic hydroxyl groups is 1. The SMILES string of the molecule is CC1(C)OC[C@H]([C@@H](O)/C=C/C=C/CO[Si](C)(C)C(C)(C)C)O1. The van der Waals surface area contributed by atoms with Crippen molar-refractivity contribution in [2.45, 2.75) is 70.7 Å². The molecule has 1 rings (SSSR count). The summed E-state index contributed by atoms with van der Waals surface area (Å²) < 4.78 is 17.1. The molecule has 0 aliphatic carbocycles. The summed E-state index contributed by atoms with van der Waals surface area (Å²) in [5.74, 6) is -0.605. The van der Waals surface area contributed by atoms with Crippen molar-refractivity contribution in [2.75, 3.05) is 13.2 Å². The minimum absolute atomic E-state index is 0.222. The topological polar surface area (TPSA) is 47.9 Å². The van der Waals surface area contributed by atoms with Crippen LogP contribution in [0.5, 0.6) is 0 Å². The van der Waals surface area contributed by atoms with E-state index in [1.54, 1.807) is 6.08 Å². The minimum Gasteiger partial charge on any atom is -0.413 e. The van der Waals surface area contributed by atoms with Crippen molar-refractivity contribution in [3.8, 4) is 0 Å². The molecule has 1 N–H and O–H groups in total. The molecule has 1 aliphatic heterocycles. The average molecular weight is 329 g/mol. The lowest BCUT2D eigenvalue weighted by atomic mass is 10.2. The lowest BCUT2D eigenvalue weighted by Gasteiger charge is -2.35. The van der Waals surface area contributed by atoms with Crippen LogP contribution in [0.4, 0.5) is 0 Å². The summed E-state index contributed by atoms with van der Waals surface area (Å²) in [6.07, 6.45) is 6.46. The van der Waals surface area contributed by atoms with Gasteiger partial charge in [-0.05, 0) is 32.0 Å². The molecule has 1 aliphatic rings. The largest absolute Gasteiger partial charge is 0.413 e. The highest BCUT2D eigenvalue weighted by molar-refractivity contribution is 6.74. The van der Waals surface area contributed by atoms with Gasteiger partial charge in [0.15, 0.2) is 14.1 Å². The summed E-state index contributed by atoms with van der Waals surface area (Å²) in [7, 11) is -1.69. The monoisotopic (exact) mass is 328 g/mol. The van der Waals surface area contributed by atoms with Crippen molar-refractivity contribution in [3.05, 3.63) is 24.3 Å². The van der Waals surface area contributed by atoms with E-state index in [2.05, 4.69) is 33.9 Å². The Bertz CT molecular complexity index is 407. The van der Waals surface area contributed by atoms with Crippen LogP contribution in [0.25, 0.3) is 0 Å². The zero-order chi connectivity index (χ0) is 17.0. The Labute approximate surface area is 136 Å². The molecule has 1 saturated heterocycles. The van der Waals surface area contributed by atoms with E-state index in [-0.39, 0.29) is 11.1 Å². The third-order valence-electron chi connectivity index (χ3n) is 4.31. The van der Waals surface area contributed by atoms with Crippen LogP contribution in [-0.2, 0) is 13.9 Å². The van der Waals surface area contributed by atoms with Crippen LogP contribution in [0.2, 0.25) is 18.1 Å². The predicted octanol–water partition coefficient (Wildman–Crippen LogP) is 3.63. The molecule has 0 saturated carbocycles. The molecular weight excluding hydrogens is 296 g/mol. The summed E-state index contributed by atoms with van der Waals surface area (Å²) in [4.78, 5) is 0. The molecule has 0 aromatic rings. The first-order valence-electron chi connectivity index (χ1n) is 7.92. The van der Waals surface area contributed by atoms with E-state index in [0.717, 1.165) is 0 Å².